The molecule has 0 spiro atoms. The van der Waals surface area contributed by atoms with E-state index in [-0.39, 0.29) is 6.61 Å². The number of likely N-dealkylation sites (tertiary alicyclic amines) is 1. The minimum absolute atomic E-state index is 0.168. The molecule has 3 aromatic rings. The summed E-state index contributed by atoms with van der Waals surface area (Å²) in [5.74, 6) is 1.87. The molecule has 4 rings (SSSR count). The van der Waals surface area contributed by atoms with Crippen molar-refractivity contribution in [3.63, 3.8) is 0 Å². The summed E-state index contributed by atoms with van der Waals surface area (Å²) in [7, 11) is 1.79. The lowest BCUT2D eigenvalue weighted by Gasteiger charge is -2.23. The van der Waals surface area contributed by atoms with Crippen molar-refractivity contribution in [2.75, 3.05) is 33.3 Å². The van der Waals surface area contributed by atoms with Crippen molar-refractivity contribution >= 4 is 11.6 Å². The Morgan fingerprint density at radius 3 is 2.78 bits per heavy atom. The third-order valence-electron chi connectivity index (χ3n) is 7.20. The maximum atomic E-state index is 10.0. The zero-order valence-corrected chi connectivity index (χ0v) is 23.2. The highest BCUT2D eigenvalue weighted by molar-refractivity contribution is 6.33. The molecule has 37 heavy (non-hydrogen) atoms. The Kier molecular flexibility index (Phi) is 9.18. The second-order valence-electron chi connectivity index (χ2n) is 9.79. The normalized spacial score (nSPS) is 16.9. The Morgan fingerprint density at radius 1 is 1.27 bits per heavy atom. The fraction of sp³-hybridized carbons (Fsp3) is 0.536. The highest BCUT2D eigenvalue weighted by Gasteiger charge is 2.25. The molecule has 2 atom stereocenters. The number of benzene rings is 1. The third kappa shape index (κ3) is 6.32. The summed E-state index contributed by atoms with van der Waals surface area (Å²) in [5, 5.41) is 17.7. The molecule has 0 unspecified atom stereocenters. The number of nitrogens with one attached hydrogen (secondary N) is 1. The standard InChI is InChI=1S/C28H38ClN5O3/c1-6-34-13-7-8-20(34)9-12-25-17(2)27(26-18(3)33-37-19(26)4)32-28(31-25)23-14-22(10-11-24(23)29)36-16-21(35)15-30-5/h10-11,14,20-21,30,35H,6-9,12-13,15-16H2,1-5H3/t20-,21-/m0/s1. The lowest BCUT2D eigenvalue weighted by atomic mass is 9.99. The van der Waals surface area contributed by atoms with E-state index in [9.17, 15) is 5.11 Å². The largest absolute Gasteiger partial charge is 0.491 e. The molecule has 1 aliphatic heterocycles. The van der Waals surface area contributed by atoms with Crippen molar-refractivity contribution < 1.29 is 14.4 Å². The number of halogens is 1. The molecule has 1 aliphatic rings. The molecule has 0 saturated carbocycles. The van der Waals surface area contributed by atoms with Crippen LogP contribution in [0.4, 0.5) is 0 Å². The van der Waals surface area contributed by atoms with Gasteiger partial charge in [0.15, 0.2) is 5.82 Å². The number of likely N-dealkylation sites (N-methyl/N-ethyl adjacent to an activating group) is 1. The second-order valence-corrected chi connectivity index (χ2v) is 10.2. The maximum Gasteiger partial charge on any atom is 0.161 e. The van der Waals surface area contributed by atoms with Gasteiger partial charge in [-0.2, -0.15) is 0 Å². The molecule has 2 aromatic heterocycles. The van der Waals surface area contributed by atoms with Crippen LogP contribution in [0.25, 0.3) is 22.6 Å². The summed E-state index contributed by atoms with van der Waals surface area (Å²) in [6, 6.07) is 6.00. The molecule has 0 aliphatic carbocycles. The third-order valence-corrected chi connectivity index (χ3v) is 7.53. The molecule has 2 N–H and O–H groups in total. The Hall–Kier alpha value is -2.52. The van der Waals surface area contributed by atoms with Crippen LogP contribution in [0.2, 0.25) is 5.02 Å². The predicted molar refractivity (Wildman–Crippen MR) is 146 cm³/mol. The highest BCUT2D eigenvalue weighted by atomic mass is 35.5. The van der Waals surface area contributed by atoms with Crippen molar-refractivity contribution in [1.82, 2.24) is 25.3 Å². The molecule has 9 heteroatoms. The average molecular weight is 528 g/mol. The van der Waals surface area contributed by atoms with E-state index >= 15 is 0 Å². The summed E-state index contributed by atoms with van der Waals surface area (Å²) in [6.07, 6.45) is 3.76. The van der Waals surface area contributed by atoms with Crippen LogP contribution in [-0.4, -0.2) is 70.6 Å². The number of ether oxygens (including phenoxy) is 1. The number of nitrogens with zero attached hydrogens (tertiary/aromatic N) is 4. The quantitative estimate of drug-likeness (QED) is 0.368. The first-order chi connectivity index (χ1) is 17.8. The first-order valence-corrected chi connectivity index (χ1v) is 13.5. The molecule has 3 heterocycles. The molecule has 200 valence electrons. The van der Waals surface area contributed by atoms with E-state index in [1.807, 2.05) is 19.9 Å². The number of aromatic nitrogens is 3. The van der Waals surface area contributed by atoms with Gasteiger partial charge < -0.3 is 24.6 Å². The lowest BCUT2D eigenvalue weighted by molar-refractivity contribution is 0.108. The van der Waals surface area contributed by atoms with Gasteiger partial charge in [-0.05, 0) is 90.4 Å². The molecule has 0 amide bonds. The molecule has 1 saturated heterocycles. The van der Waals surface area contributed by atoms with E-state index in [1.165, 1.54) is 19.4 Å². The molecule has 0 radical (unpaired) electrons. The summed E-state index contributed by atoms with van der Waals surface area (Å²) < 4.78 is 11.3. The van der Waals surface area contributed by atoms with Crippen LogP contribution in [0.3, 0.4) is 0 Å². The van der Waals surface area contributed by atoms with Crippen molar-refractivity contribution in [3.8, 4) is 28.4 Å². The molecule has 1 fully saturated rings. The number of aliphatic hydroxyl groups is 1. The van der Waals surface area contributed by atoms with Gasteiger partial charge in [0.1, 0.15) is 24.2 Å². The van der Waals surface area contributed by atoms with E-state index in [0.717, 1.165) is 53.4 Å². The monoisotopic (exact) mass is 527 g/mol. The van der Waals surface area contributed by atoms with E-state index < -0.39 is 6.10 Å². The number of hydrogen-bond donors (Lipinski definition) is 2. The Morgan fingerprint density at radius 2 is 2.08 bits per heavy atom. The van der Waals surface area contributed by atoms with Crippen molar-refractivity contribution in [2.24, 2.45) is 0 Å². The fourth-order valence-electron chi connectivity index (χ4n) is 5.19. The van der Waals surface area contributed by atoms with Crippen LogP contribution in [-0.2, 0) is 6.42 Å². The topological polar surface area (TPSA) is 96.5 Å². The smallest absolute Gasteiger partial charge is 0.161 e. The Labute approximate surface area is 224 Å². The van der Waals surface area contributed by atoms with Crippen LogP contribution in [0.15, 0.2) is 22.7 Å². The van der Waals surface area contributed by atoms with Crippen LogP contribution in [0, 0.1) is 20.8 Å². The zero-order valence-electron chi connectivity index (χ0n) is 22.5. The maximum absolute atomic E-state index is 10.0. The SMILES string of the molecule is CCN1CCC[C@H]1CCc1nc(-c2cc(OC[C@@H](O)CNC)ccc2Cl)nc(-c2c(C)noc2C)c1C. The van der Waals surface area contributed by atoms with Crippen molar-refractivity contribution in [2.45, 2.75) is 65.5 Å². The summed E-state index contributed by atoms with van der Waals surface area (Å²) in [6.45, 7) is 11.0. The first kappa shape index (κ1) is 27.5. The molecule has 1 aromatic carbocycles. The van der Waals surface area contributed by atoms with Crippen molar-refractivity contribution in [3.05, 3.63) is 45.9 Å². The van der Waals surface area contributed by atoms with Crippen LogP contribution in [0.5, 0.6) is 5.75 Å². The first-order valence-electron chi connectivity index (χ1n) is 13.1. The van der Waals surface area contributed by atoms with E-state index in [2.05, 4.69) is 29.2 Å². The Bertz CT molecular complexity index is 1200. The van der Waals surface area contributed by atoms with Gasteiger partial charge in [0.25, 0.3) is 0 Å². The number of rotatable bonds is 11. The fourth-order valence-corrected chi connectivity index (χ4v) is 5.39. The van der Waals surface area contributed by atoms with Gasteiger partial charge in [0, 0.05) is 23.8 Å². The molecular weight excluding hydrogens is 490 g/mol. The number of aliphatic hydroxyl groups excluding tert-OH is 1. The van der Waals surface area contributed by atoms with Gasteiger partial charge in [-0.15, -0.1) is 0 Å². The van der Waals surface area contributed by atoms with E-state index in [4.69, 9.17) is 30.8 Å². The summed E-state index contributed by atoms with van der Waals surface area (Å²) >= 11 is 6.66. The summed E-state index contributed by atoms with van der Waals surface area (Å²) in [5.41, 5.74) is 5.25. The minimum Gasteiger partial charge on any atom is -0.491 e. The molecular formula is C28H38ClN5O3. The predicted octanol–water partition coefficient (Wildman–Crippen LogP) is 4.75. The lowest BCUT2D eigenvalue weighted by Crippen LogP contribution is -2.29. The van der Waals surface area contributed by atoms with Gasteiger partial charge in [-0.3, -0.25) is 0 Å². The number of hydrogen-bond acceptors (Lipinski definition) is 8. The highest BCUT2D eigenvalue weighted by Crippen LogP contribution is 2.35. The Balaban J connectivity index is 1.72. The van der Waals surface area contributed by atoms with E-state index in [1.54, 1.807) is 19.2 Å². The van der Waals surface area contributed by atoms with Crippen LogP contribution >= 0.6 is 11.6 Å². The van der Waals surface area contributed by atoms with Gasteiger partial charge in [-0.25, -0.2) is 9.97 Å². The van der Waals surface area contributed by atoms with Gasteiger partial charge in [-0.1, -0.05) is 23.7 Å². The number of aryl methyl sites for hydroxylation is 3. The average Bonchev–Trinajstić information content (AvgIpc) is 3.48. The van der Waals surface area contributed by atoms with Crippen LogP contribution in [0.1, 0.15) is 48.9 Å². The van der Waals surface area contributed by atoms with Gasteiger partial charge in [0.05, 0.1) is 22.0 Å². The van der Waals surface area contributed by atoms with Gasteiger partial charge in [0.2, 0.25) is 0 Å². The molecule has 8 nitrogen and oxygen atoms in total. The van der Waals surface area contributed by atoms with Crippen molar-refractivity contribution in [1.29, 1.82) is 0 Å². The van der Waals surface area contributed by atoms with Gasteiger partial charge >= 0.3 is 0 Å². The van der Waals surface area contributed by atoms with E-state index in [0.29, 0.717) is 34.7 Å². The zero-order chi connectivity index (χ0) is 26.5. The molecule has 0 bridgehead atoms. The second kappa shape index (κ2) is 12.3. The summed E-state index contributed by atoms with van der Waals surface area (Å²) in [4.78, 5) is 12.6. The van der Waals surface area contributed by atoms with Crippen LogP contribution < -0.4 is 10.1 Å². The minimum atomic E-state index is -0.615.